The molecular formula is C32H35N3O4. The zero-order valence-electron chi connectivity index (χ0n) is 22.9. The van der Waals surface area contributed by atoms with Gasteiger partial charge < -0.3 is 19.4 Å². The van der Waals surface area contributed by atoms with Crippen molar-refractivity contribution in [3.8, 4) is 11.1 Å². The molecule has 1 heterocycles. The van der Waals surface area contributed by atoms with E-state index in [1.54, 1.807) is 33.9 Å². The van der Waals surface area contributed by atoms with Gasteiger partial charge in [-0.25, -0.2) is 4.79 Å². The van der Waals surface area contributed by atoms with E-state index in [1.807, 2.05) is 60.7 Å². The molecular weight excluding hydrogens is 490 g/mol. The molecule has 4 aromatic rings. The Hall–Kier alpha value is -4.10. The predicted molar refractivity (Wildman–Crippen MR) is 155 cm³/mol. The lowest BCUT2D eigenvalue weighted by Crippen LogP contribution is -2.27. The van der Waals surface area contributed by atoms with Crippen LogP contribution in [0.1, 0.15) is 55.6 Å². The fraction of sp³-hybridized carbons (Fsp3) is 0.312. The van der Waals surface area contributed by atoms with E-state index in [0.717, 1.165) is 28.6 Å². The van der Waals surface area contributed by atoms with Crippen molar-refractivity contribution in [3.05, 3.63) is 84.1 Å². The molecule has 7 nitrogen and oxygen atoms in total. The maximum absolute atomic E-state index is 13.5. The molecule has 2 N–H and O–H groups in total. The Balaban J connectivity index is 1.45. The second-order valence-electron chi connectivity index (χ2n) is 11.0. The maximum atomic E-state index is 13.5. The molecule has 202 valence electrons. The summed E-state index contributed by atoms with van der Waals surface area (Å²) in [5, 5.41) is 6.85. The lowest BCUT2D eigenvalue weighted by atomic mass is 10.0. The van der Waals surface area contributed by atoms with Gasteiger partial charge in [-0.1, -0.05) is 36.4 Å². The summed E-state index contributed by atoms with van der Waals surface area (Å²) in [6.07, 6.45) is 1.81. The van der Waals surface area contributed by atoms with Crippen molar-refractivity contribution >= 4 is 34.3 Å². The van der Waals surface area contributed by atoms with E-state index in [9.17, 15) is 9.59 Å². The fourth-order valence-electron chi connectivity index (χ4n) is 4.76. The Morgan fingerprint density at radius 1 is 0.897 bits per heavy atom. The van der Waals surface area contributed by atoms with Crippen LogP contribution in [0.5, 0.6) is 0 Å². The van der Waals surface area contributed by atoms with Gasteiger partial charge in [0.05, 0.1) is 18.0 Å². The van der Waals surface area contributed by atoms with Crippen molar-refractivity contribution in [1.29, 1.82) is 0 Å². The molecule has 0 spiro atoms. The highest BCUT2D eigenvalue weighted by molar-refractivity contribution is 6.09. The van der Waals surface area contributed by atoms with Crippen molar-refractivity contribution < 1.29 is 19.1 Å². The van der Waals surface area contributed by atoms with Crippen LogP contribution < -0.4 is 10.6 Å². The minimum Gasteiger partial charge on any atom is -0.444 e. The number of anilines is 2. The lowest BCUT2D eigenvalue weighted by Gasteiger charge is -2.21. The third-order valence-electron chi connectivity index (χ3n) is 6.72. The predicted octanol–water partition coefficient (Wildman–Crippen LogP) is 7.43. The van der Waals surface area contributed by atoms with Crippen LogP contribution in [0.3, 0.4) is 0 Å². The summed E-state index contributed by atoms with van der Waals surface area (Å²) in [7, 11) is 1.71. The van der Waals surface area contributed by atoms with Gasteiger partial charge >= 0.3 is 6.09 Å². The molecule has 5 rings (SSSR count). The van der Waals surface area contributed by atoms with E-state index in [2.05, 4.69) is 21.3 Å². The summed E-state index contributed by atoms with van der Waals surface area (Å²) in [5.41, 5.74) is 5.17. The largest absolute Gasteiger partial charge is 0.444 e. The number of carbonyl (C=O) groups excluding carboxylic acids is 2. The average molecular weight is 526 g/mol. The number of amides is 2. The number of nitrogens with one attached hydrogen (secondary N) is 2. The molecule has 0 atom stereocenters. The standard InChI is InChI=1S/C32H35N3O4/c1-32(2,3)39-31(37)34-26-14-12-23(21-8-6-5-7-9-21)19-27(26)33-30(36)24-13-15-28-25(18-24)20-29(22-10-11-22)35(28)16-17-38-4/h5-9,12-15,18-20,22H,10-11,16-17H2,1-4H3,(H,33,36)(H,34,37). The normalized spacial score (nSPS) is 13.3. The van der Waals surface area contributed by atoms with Gasteiger partial charge in [0.25, 0.3) is 5.91 Å². The van der Waals surface area contributed by atoms with Crippen LogP contribution in [0.15, 0.2) is 72.8 Å². The maximum Gasteiger partial charge on any atom is 0.412 e. The van der Waals surface area contributed by atoms with Gasteiger partial charge in [0.1, 0.15) is 5.60 Å². The van der Waals surface area contributed by atoms with Crippen LogP contribution in [0.4, 0.5) is 16.2 Å². The second kappa shape index (κ2) is 10.9. The summed E-state index contributed by atoms with van der Waals surface area (Å²) < 4.78 is 13.1. The van der Waals surface area contributed by atoms with E-state index in [1.165, 1.54) is 18.5 Å². The highest BCUT2D eigenvalue weighted by Crippen LogP contribution is 2.42. The first-order chi connectivity index (χ1) is 18.7. The van der Waals surface area contributed by atoms with Crippen LogP contribution in [0.25, 0.3) is 22.0 Å². The number of fused-ring (bicyclic) bond motifs is 1. The molecule has 0 bridgehead atoms. The first-order valence-electron chi connectivity index (χ1n) is 13.3. The van der Waals surface area contributed by atoms with Gasteiger partial charge in [-0.2, -0.15) is 0 Å². The van der Waals surface area contributed by atoms with Crippen LogP contribution in [-0.4, -0.2) is 35.9 Å². The monoisotopic (exact) mass is 525 g/mol. The molecule has 0 saturated heterocycles. The Labute approximate surface area is 229 Å². The average Bonchev–Trinajstić information content (AvgIpc) is 3.68. The number of ether oxygens (including phenoxy) is 2. The van der Waals surface area contributed by atoms with Crippen molar-refractivity contribution in [2.24, 2.45) is 0 Å². The van der Waals surface area contributed by atoms with E-state index in [0.29, 0.717) is 29.5 Å². The number of benzene rings is 3. The van der Waals surface area contributed by atoms with Crippen molar-refractivity contribution in [2.45, 2.75) is 51.7 Å². The zero-order valence-corrected chi connectivity index (χ0v) is 22.9. The molecule has 1 aromatic heterocycles. The lowest BCUT2D eigenvalue weighted by molar-refractivity contribution is 0.0635. The Morgan fingerprint density at radius 2 is 1.67 bits per heavy atom. The SMILES string of the molecule is COCCn1c(C2CC2)cc2cc(C(=O)Nc3cc(-c4ccccc4)ccc3NC(=O)OC(C)(C)C)ccc21. The molecule has 0 radical (unpaired) electrons. The smallest absolute Gasteiger partial charge is 0.412 e. The second-order valence-corrected chi connectivity index (χ2v) is 11.0. The van der Waals surface area contributed by atoms with Crippen LogP contribution in [0.2, 0.25) is 0 Å². The minimum absolute atomic E-state index is 0.257. The summed E-state index contributed by atoms with van der Waals surface area (Å²) in [6.45, 7) is 6.84. The molecule has 1 saturated carbocycles. The van der Waals surface area contributed by atoms with E-state index in [4.69, 9.17) is 9.47 Å². The Kier molecular flexibility index (Phi) is 7.44. The minimum atomic E-state index is -0.647. The molecule has 1 aliphatic rings. The van der Waals surface area contributed by atoms with Gasteiger partial charge in [0, 0.05) is 35.8 Å². The van der Waals surface area contributed by atoms with E-state index < -0.39 is 11.7 Å². The van der Waals surface area contributed by atoms with E-state index >= 15 is 0 Å². The molecule has 0 aliphatic heterocycles. The number of nitrogens with zero attached hydrogens (tertiary/aromatic N) is 1. The number of rotatable bonds is 8. The fourth-order valence-corrected chi connectivity index (χ4v) is 4.76. The van der Waals surface area contributed by atoms with Gasteiger partial charge in [-0.05, 0) is 87.1 Å². The van der Waals surface area contributed by atoms with Crippen LogP contribution >= 0.6 is 0 Å². The summed E-state index contributed by atoms with van der Waals surface area (Å²) in [6, 6.07) is 23.4. The number of methoxy groups -OCH3 is 1. The van der Waals surface area contributed by atoms with E-state index in [-0.39, 0.29) is 5.91 Å². The number of carbonyl (C=O) groups is 2. The van der Waals surface area contributed by atoms with Gasteiger partial charge in [-0.3, -0.25) is 10.1 Å². The molecule has 3 aromatic carbocycles. The Morgan fingerprint density at radius 3 is 2.36 bits per heavy atom. The van der Waals surface area contributed by atoms with Crippen LogP contribution in [0, 0.1) is 0 Å². The number of aromatic nitrogens is 1. The third-order valence-corrected chi connectivity index (χ3v) is 6.72. The summed E-state index contributed by atoms with van der Waals surface area (Å²) in [5.74, 6) is 0.320. The zero-order chi connectivity index (χ0) is 27.6. The first-order valence-corrected chi connectivity index (χ1v) is 13.3. The van der Waals surface area contributed by atoms with Crippen molar-refractivity contribution in [1.82, 2.24) is 4.57 Å². The topological polar surface area (TPSA) is 81.6 Å². The molecule has 0 unspecified atom stereocenters. The molecule has 1 aliphatic carbocycles. The number of hydrogen-bond donors (Lipinski definition) is 2. The highest BCUT2D eigenvalue weighted by Gasteiger charge is 2.28. The van der Waals surface area contributed by atoms with Crippen molar-refractivity contribution in [2.75, 3.05) is 24.4 Å². The molecule has 1 fully saturated rings. The molecule has 7 heteroatoms. The molecule has 2 amide bonds. The first kappa shape index (κ1) is 26.5. The van der Waals surface area contributed by atoms with Crippen LogP contribution in [-0.2, 0) is 16.0 Å². The van der Waals surface area contributed by atoms with Crippen molar-refractivity contribution in [3.63, 3.8) is 0 Å². The summed E-state index contributed by atoms with van der Waals surface area (Å²) in [4.78, 5) is 26.0. The Bertz CT molecular complexity index is 1500. The third kappa shape index (κ3) is 6.32. The quantitative estimate of drug-likeness (QED) is 0.251. The van der Waals surface area contributed by atoms with Gasteiger partial charge in [0.15, 0.2) is 0 Å². The summed E-state index contributed by atoms with van der Waals surface area (Å²) >= 11 is 0. The highest BCUT2D eigenvalue weighted by atomic mass is 16.6. The van der Waals surface area contributed by atoms with Gasteiger partial charge in [0.2, 0.25) is 0 Å². The van der Waals surface area contributed by atoms with Gasteiger partial charge in [-0.15, -0.1) is 0 Å². The number of hydrogen-bond acceptors (Lipinski definition) is 4. The molecule has 39 heavy (non-hydrogen) atoms.